The molecule has 1 atom stereocenters. The van der Waals surface area contributed by atoms with Crippen LogP contribution < -0.4 is 16.8 Å². The molecule has 0 radical (unpaired) electrons. The van der Waals surface area contributed by atoms with E-state index in [1.807, 2.05) is 6.92 Å². The smallest absolute Gasteiger partial charge is 0.250 e. The number of pyridine rings is 1. The van der Waals surface area contributed by atoms with Gasteiger partial charge in [0.25, 0.3) is 5.91 Å². The van der Waals surface area contributed by atoms with E-state index in [2.05, 4.69) is 10.3 Å². The lowest BCUT2D eigenvalue weighted by atomic mass is 10.2. The Labute approximate surface area is 102 Å². The van der Waals surface area contributed by atoms with Crippen molar-refractivity contribution in [2.75, 3.05) is 29.1 Å². The first-order valence-electron chi connectivity index (χ1n) is 5.18. The number of carbonyl (C=O) groups is 1. The van der Waals surface area contributed by atoms with Gasteiger partial charge in [0.2, 0.25) is 0 Å². The third kappa shape index (κ3) is 4.03. The molecule has 0 bridgehead atoms. The van der Waals surface area contributed by atoms with Crippen LogP contribution in [0.25, 0.3) is 0 Å². The Morgan fingerprint density at radius 2 is 2.29 bits per heavy atom. The molecule has 1 unspecified atom stereocenters. The van der Waals surface area contributed by atoms with Gasteiger partial charge in [-0.1, -0.05) is 6.92 Å². The summed E-state index contributed by atoms with van der Waals surface area (Å²) < 4.78 is 11.2. The largest absolute Gasteiger partial charge is 0.397 e. The normalized spacial score (nSPS) is 12.1. The number of carbonyl (C=O) groups excluding carboxylic acids is 1. The zero-order chi connectivity index (χ0) is 12.8. The highest BCUT2D eigenvalue weighted by Gasteiger charge is 2.07. The van der Waals surface area contributed by atoms with E-state index in [1.165, 1.54) is 12.3 Å². The molecular weight excluding hydrogens is 240 g/mol. The molecule has 0 aromatic carbocycles. The Bertz CT molecular complexity index is 436. The first-order valence-corrected chi connectivity index (χ1v) is 6.67. The Morgan fingerprint density at radius 1 is 1.59 bits per heavy atom. The molecule has 94 valence electrons. The van der Waals surface area contributed by atoms with E-state index in [0.29, 0.717) is 23.9 Å². The number of aromatic nitrogens is 1. The van der Waals surface area contributed by atoms with Crippen molar-refractivity contribution >= 4 is 28.2 Å². The van der Waals surface area contributed by atoms with Crippen LogP contribution in [-0.2, 0) is 10.8 Å². The van der Waals surface area contributed by atoms with Crippen LogP contribution in [0.15, 0.2) is 12.3 Å². The minimum atomic E-state index is -0.826. The number of nitrogen functional groups attached to an aromatic ring is 1. The second kappa shape index (κ2) is 6.19. The molecule has 0 saturated carbocycles. The van der Waals surface area contributed by atoms with Crippen LogP contribution in [0.4, 0.5) is 11.5 Å². The van der Waals surface area contributed by atoms with Crippen molar-refractivity contribution in [2.24, 2.45) is 5.73 Å². The van der Waals surface area contributed by atoms with Gasteiger partial charge in [0.15, 0.2) is 0 Å². The third-order valence-corrected chi connectivity index (χ3v) is 3.46. The van der Waals surface area contributed by atoms with Gasteiger partial charge in [0.05, 0.1) is 17.4 Å². The number of primary amides is 1. The minimum absolute atomic E-state index is 0.235. The summed E-state index contributed by atoms with van der Waals surface area (Å²) in [5.41, 5.74) is 11.2. The molecule has 0 aliphatic rings. The summed E-state index contributed by atoms with van der Waals surface area (Å²) >= 11 is 0. The van der Waals surface area contributed by atoms with Crippen LogP contribution in [0.2, 0.25) is 0 Å². The van der Waals surface area contributed by atoms with Crippen LogP contribution in [0.3, 0.4) is 0 Å². The van der Waals surface area contributed by atoms with Gasteiger partial charge >= 0.3 is 0 Å². The lowest BCUT2D eigenvalue weighted by molar-refractivity contribution is 0.100. The molecule has 1 aromatic rings. The van der Waals surface area contributed by atoms with Crippen LogP contribution in [0, 0.1) is 0 Å². The Hall–Kier alpha value is -1.63. The molecular formula is C10H16N4O2S. The second-order valence-electron chi connectivity index (χ2n) is 3.38. The molecule has 1 amide bonds. The zero-order valence-corrected chi connectivity index (χ0v) is 10.4. The minimum Gasteiger partial charge on any atom is -0.397 e. The number of nitrogens with zero attached hydrogens (tertiary/aromatic N) is 1. The molecule has 0 fully saturated rings. The van der Waals surface area contributed by atoms with E-state index in [-0.39, 0.29) is 11.3 Å². The average molecular weight is 256 g/mol. The molecule has 17 heavy (non-hydrogen) atoms. The fourth-order valence-electron chi connectivity index (χ4n) is 1.21. The number of nitrogens with one attached hydrogen (secondary N) is 1. The zero-order valence-electron chi connectivity index (χ0n) is 9.60. The van der Waals surface area contributed by atoms with Gasteiger partial charge in [-0.2, -0.15) is 0 Å². The van der Waals surface area contributed by atoms with E-state index in [4.69, 9.17) is 11.5 Å². The van der Waals surface area contributed by atoms with Crippen molar-refractivity contribution in [3.05, 3.63) is 17.8 Å². The summed E-state index contributed by atoms with van der Waals surface area (Å²) in [5.74, 6) is 1.07. The topological polar surface area (TPSA) is 111 Å². The molecule has 0 aliphatic carbocycles. The molecule has 6 nitrogen and oxygen atoms in total. The highest BCUT2D eigenvalue weighted by molar-refractivity contribution is 7.84. The predicted molar refractivity (Wildman–Crippen MR) is 69.2 cm³/mol. The summed E-state index contributed by atoms with van der Waals surface area (Å²) in [4.78, 5) is 15.0. The lowest BCUT2D eigenvalue weighted by Crippen LogP contribution is -2.16. The molecule has 7 heteroatoms. The molecule has 0 saturated heterocycles. The highest BCUT2D eigenvalue weighted by atomic mass is 32.2. The Balaban J connectivity index is 2.63. The van der Waals surface area contributed by atoms with Crippen molar-refractivity contribution in [3.63, 3.8) is 0 Å². The van der Waals surface area contributed by atoms with Crippen LogP contribution in [-0.4, -0.2) is 33.2 Å². The Kier molecular flexibility index (Phi) is 4.89. The predicted octanol–water partition coefficient (Wildman–Crippen LogP) is -0.0568. The molecule has 5 N–H and O–H groups in total. The maximum atomic E-state index is 11.2. The number of amides is 1. The van der Waals surface area contributed by atoms with Crippen molar-refractivity contribution in [1.82, 2.24) is 4.98 Å². The lowest BCUT2D eigenvalue weighted by Gasteiger charge is -2.07. The van der Waals surface area contributed by atoms with Crippen molar-refractivity contribution < 1.29 is 9.00 Å². The first-order chi connectivity index (χ1) is 8.04. The number of rotatable bonds is 6. The fourth-order valence-corrected chi connectivity index (χ4v) is 1.83. The van der Waals surface area contributed by atoms with Gasteiger partial charge in [0.1, 0.15) is 5.82 Å². The number of anilines is 2. The second-order valence-corrected chi connectivity index (χ2v) is 5.25. The van der Waals surface area contributed by atoms with Crippen molar-refractivity contribution in [1.29, 1.82) is 0 Å². The van der Waals surface area contributed by atoms with Gasteiger partial charge in [-0.15, -0.1) is 0 Å². The highest BCUT2D eigenvalue weighted by Crippen LogP contribution is 2.13. The van der Waals surface area contributed by atoms with Gasteiger partial charge in [-0.05, 0) is 6.07 Å². The maximum absolute atomic E-state index is 11.2. The van der Waals surface area contributed by atoms with E-state index >= 15 is 0 Å². The average Bonchev–Trinajstić information content (AvgIpc) is 2.30. The number of nitrogens with two attached hydrogens (primary N) is 2. The van der Waals surface area contributed by atoms with E-state index in [0.717, 1.165) is 0 Å². The maximum Gasteiger partial charge on any atom is 0.250 e. The van der Waals surface area contributed by atoms with Crippen LogP contribution in [0.1, 0.15) is 17.3 Å². The molecule has 1 rings (SSSR count). The summed E-state index contributed by atoms with van der Waals surface area (Å²) in [6.07, 6.45) is 1.37. The fraction of sp³-hybridized carbons (Fsp3) is 0.400. The third-order valence-electron chi connectivity index (χ3n) is 2.16. The standard InChI is InChI=1S/C10H16N4O2S/c1-2-17(16)4-3-13-9-5-7(10(12)15)8(11)6-14-9/h5-6H,2-4,11H2,1H3,(H2,12,15)(H,13,14). The monoisotopic (exact) mass is 256 g/mol. The van der Waals surface area contributed by atoms with Gasteiger partial charge < -0.3 is 16.8 Å². The van der Waals surface area contributed by atoms with Gasteiger partial charge in [0, 0.05) is 28.9 Å². The van der Waals surface area contributed by atoms with Crippen LogP contribution >= 0.6 is 0 Å². The molecule has 0 aliphatic heterocycles. The van der Waals surface area contributed by atoms with Gasteiger partial charge in [-0.3, -0.25) is 9.00 Å². The van der Waals surface area contributed by atoms with Crippen LogP contribution in [0.5, 0.6) is 0 Å². The summed E-state index contributed by atoms with van der Waals surface area (Å²) in [7, 11) is -0.826. The number of hydrogen-bond donors (Lipinski definition) is 3. The summed E-state index contributed by atoms with van der Waals surface area (Å²) in [6, 6.07) is 1.49. The van der Waals surface area contributed by atoms with E-state index in [9.17, 15) is 9.00 Å². The summed E-state index contributed by atoms with van der Waals surface area (Å²) in [5, 5.41) is 2.96. The van der Waals surface area contributed by atoms with E-state index < -0.39 is 16.7 Å². The quantitative estimate of drug-likeness (QED) is 0.660. The molecule has 1 aromatic heterocycles. The Morgan fingerprint density at radius 3 is 2.88 bits per heavy atom. The van der Waals surface area contributed by atoms with Gasteiger partial charge in [-0.25, -0.2) is 4.98 Å². The van der Waals surface area contributed by atoms with Crippen molar-refractivity contribution in [3.8, 4) is 0 Å². The summed E-state index contributed by atoms with van der Waals surface area (Å²) in [6.45, 7) is 2.39. The van der Waals surface area contributed by atoms with E-state index in [1.54, 1.807) is 0 Å². The molecule has 0 spiro atoms. The first kappa shape index (κ1) is 13.4. The van der Waals surface area contributed by atoms with Crippen molar-refractivity contribution in [2.45, 2.75) is 6.92 Å². The molecule has 1 heterocycles. The SMILES string of the molecule is CCS(=O)CCNc1cc(C(N)=O)c(N)cn1. The number of hydrogen-bond acceptors (Lipinski definition) is 5.